The molecule has 1 aromatic carbocycles. The number of likely N-dealkylation sites (tertiary alicyclic amines) is 1. The number of fused-ring (bicyclic) bond motifs is 1. The number of rotatable bonds is 3. The van der Waals surface area contributed by atoms with Gasteiger partial charge in [-0.25, -0.2) is 4.79 Å². The van der Waals surface area contributed by atoms with Crippen molar-refractivity contribution in [2.45, 2.75) is 19.8 Å². The Morgan fingerprint density at radius 3 is 2.68 bits per heavy atom. The maximum atomic E-state index is 12.5. The molecule has 0 unspecified atom stereocenters. The van der Waals surface area contributed by atoms with Crippen LogP contribution < -0.4 is 10.4 Å². The average Bonchev–Trinajstić information content (AvgIpc) is 3.22. The smallest absolute Gasteiger partial charge is 0.336 e. The number of ether oxygens (including phenoxy) is 1. The molecule has 1 amide bonds. The summed E-state index contributed by atoms with van der Waals surface area (Å²) in [5.41, 5.74) is 0.773. The molecule has 1 aliphatic rings. The Morgan fingerprint density at radius 1 is 1.18 bits per heavy atom. The zero-order chi connectivity index (χ0) is 19.7. The normalized spacial score (nSPS) is 15.0. The number of hydrogen-bond acceptors (Lipinski definition) is 6. The number of piperidine rings is 1. The summed E-state index contributed by atoms with van der Waals surface area (Å²) in [7, 11) is 0. The van der Waals surface area contributed by atoms with E-state index in [4.69, 9.17) is 9.15 Å². The van der Waals surface area contributed by atoms with E-state index in [-0.39, 0.29) is 17.8 Å². The van der Waals surface area contributed by atoms with E-state index in [0.717, 1.165) is 10.9 Å². The van der Waals surface area contributed by atoms with E-state index in [1.165, 1.54) is 17.4 Å². The van der Waals surface area contributed by atoms with Gasteiger partial charge in [-0.3, -0.25) is 9.59 Å². The molecule has 28 heavy (non-hydrogen) atoms. The number of hydrogen-bond donors (Lipinski definition) is 0. The Labute approximate surface area is 165 Å². The fraction of sp³-hybridized carbons (Fsp3) is 0.286. The SMILES string of the molecule is Cc1cc(=O)oc2cc(OC(=O)C3CCN(C(=O)c4cccs4)CC3)ccc12. The summed E-state index contributed by atoms with van der Waals surface area (Å²) in [6.07, 6.45) is 1.13. The van der Waals surface area contributed by atoms with Gasteiger partial charge in [0.1, 0.15) is 11.3 Å². The molecule has 4 rings (SSSR count). The van der Waals surface area contributed by atoms with Crippen molar-refractivity contribution in [2.24, 2.45) is 5.92 Å². The molecule has 1 aliphatic heterocycles. The number of amides is 1. The van der Waals surface area contributed by atoms with Crippen LogP contribution in [-0.2, 0) is 4.79 Å². The Morgan fingerprint density at radius 2 is 1.96 bits per heavy atom. The second-order valence-corrected chi connectivity index (χ2v) is 7.82. The van der Waals surface area contributed by atoms with Gasteiger partial charge in [0, 0.05) is 30.6 Å². The lowest BCUT2D eigenvalue weighted by Gasteiger charge is -2.30. The number of esters is 1. The van der Waals surface area contributed by atoms with Gasteiger partial charge in [0.15, 0.2) is 0 Å². The molecule has 2 aromatic heterocycles. The lowest BCUT2D eigenvalue weighted by molar-refractivity contribution is -0.140. The molecule has 1 fully saturated rings. The standard InChI is InChI=1S/C21H19NO5S/c1-13-11-19(23)27-17-12-15(4-5-16(13)17)26-21(25)14-6-8-22(9-7-14)20(24)18-3-2-10-28-18/h2-5,10-12,14H,6-9H2,1H3. The molecule has 144 valence electrons. The Bertz CT molecular complexity index is 1080. The summed E-state index contributed by atoms with van der Waals surface area (Å²) in [6.45, 7) is 2.89. The summed E-state index contributed by atoms with van der Waals surface area (Å²) >= 11 is 1.42. The van der Waals surface area contributed by atoms with Crippen molar-refractivity contribution in [1.29, 1.82) is 0 Å². The molecule has 0 atom stereocenters. The highest BCUT2D eigenvalue weighted by Gasteiger charge is 2.29. The van der Waals surface area contributed by atoms with Gasteiger partial charge >= 0.3 is 11.6 Å². The number of benzene rings is 1. The fourth-order valence-corrected chi connectivity index (χ4v) is 4.13. The van der Waals surface area contributed by atoms with E-state index in [0.29, 0.717) is 42.1 Å². The van der Waals surface area contributed by atoms with Crippen LogP contribution in [0.4, 0.5) is 0 Å². The summed E-state index contributed by atoms with van der Waals surface area (Å²) in [6, 6.07) is 10.1. The van der Waals surface area contributed by atoms with Crippen LogP contribution in [-0.4, -0.2) is 29.9 Å². The third kappa shape index (κ3) is 3.71. The van der Waals surface area contributed by atoms with Gasteiger partial charge < -0.3 is 14.1 Å². The number of carbonyl (C=O) groups excluding carboxylic acids is 2. The molecule has 0 spiro atoms. The molecule has 0 aliphatic carbocycles. The first kappa shape index (κ1) is 18.4. The van der Waals surface area contributed by atoms with Crippen molar-refractivity contribution in [1.82, 2.24) is 4.90 Å². The fourth-order valence-electron chi connectivity index (χ4n) is 3.44. The van der Waals surface area contributed by atoms with E-state index < -0.39 is 5.63 Å². The summed E-state index contributed by atoms with van der Waals surface area (Å²) < 4.78 is 10.7. The molecule has 0 radical (unpaired) electrons. The number of thiophene rings is 1. The van der Waals surface area contributed by atoms with Gasteiger partial charge in [-0.1, -0.05) is 6.07 Å². The lowest BCUT2D eigenvalue weighted by atomic mass is 9.97. The molecule has 6 nitrogen and oxygen atoms in total. The second-order valence-electron chi connectivity index (χ2n) is 6.87. The second kappa shape index (κ2) is 7.59. The van der Waals surface area contributed by atoms with Gasteiger partial charge in [0.05, 0.1) is 10.8 Å². The quantitative estimate of drug-likeness (QED) is 0.383. The molecule has 0 saturated carbocycles. The predicted molar refractivity (Wildman–Crippen MR) is 106 cm³/mol. The van der Waals surface area contributed by atoms with Crippen LogP contribution in [0.15, 0.2) is 51.0 Å². The topological polar surface area (TPSA) is 76.8 Å². The number of nitrogens with zero attached hydrogens (tertiary/aromatic N) is 1. The van der Waals surface area contributed by atoms with Gasteiger partial charge in [0.25, 0.3) is 5.91 Å². The van der Waals surface area contributed by atoms with E-state index >= 15 is 0 Å². The van der Waals surface area contributed by atoms with E-state index in [2.05, 4.69) is 0 Å². The van der Waals surface area contributed by atoms with Crippen molar-refractivity contribution in [3.8, 4) is 5.75 Å². The minimum atomic E-state index is -0.434. The van der Waals surface area contributed by atoms with Crippen molar-refractivity contribution in [2.75, 3.05) is 13.1 Å². The maximum Gasteiger partial charge on any atom is 0.336 e. The highest BCUT2D eigenvalue weighted by Crippen LogP contribution is 2.25. The summed E-state index contributed by atoms with van der Waals surface area (Å²) in [4.78, 5) is 39.0. The zero-order valence-corrected chi connectivity index (χ0v) is 16.2. The van der Waals surface area contributed by atoms with Gasteiger partial charge in [0.2, 0.25) is 0 Å². The maximum absolute atomic E-state index is 12.5. The minimum absolute atomic E-state index is 0.0155. The molecular formula is C21H19NO5S. The zero-order valence-electron chi connectivity index (χ0n) is 15.3. The van der Waals surface area contributed by atoms with Crippen molar-refractivity contribution < 1.29 is 18.7 Å². The van der Waals surface area contributed by atoms with Gasteiger partial charge in [-0.05, 0) is 48.9 Å². The number of carbonyl (C=O) groups is 2. The van der Waals surface area contributed by atoms with Gasteiger partial charge in [-0.2, -0.15) is 0 Å². The summed E-state index contributed by atoms with van der Waals surface area (Å²) in [5.74, 6) is -0.213. The molecule has 0 bridgehead atoms. The summed E-state index contributed by atoms with van der Waals surface area (Å²) in [5, 5.41) is 2.68. The number of aryl methyl sites for hydroxylation is 1. The van der Waals surface area contributed by atoms with Crippen LogP contribution in [0.25, 0.3) is 11.0 Å². The molecule has 3 heterocycles. The van der Waals surface area contributed by atoms with Crippen LogP contribution >= 0.6 is 11.3 Å². The first-order chi connectivity index (χ1) is 13.5. The van der Waals surface area contributed by atoms with E-state index in [9.17, 15) is 14.4 Å². The Hall–Kier alpha value is -2.93. The van der Waals surface area contributed by atoms with Gasteiger partial charge in [-0.15, -0.1) is 11.3 Å². The minimum Gasteiger partial charge on any atom is -0.426 e. The molecule has 3 aromatic rings. The first-order valence-electron chi connectivity index (χ1n) is 9.10. The molecule has 1 saturated heterocycles. The van der Waals surface area contributed by atoms with E-state index in [1.807, 2.05) is 24.4 Å². The third-order valence-corrected chi connectivity index (χ3v) is 5.85. The Kier molecular flexibility index (Phi) is 5.00. The van der Waals surface area contributed by atoms with Crippen LogP contribution in [0.1, 0.15) is 28.1 Å². The largest absolute Gasteiger partial charge is 0.426 e. The van der Waals surface area contributed by atoms with E-state index in [1.54, 1.807) is 23.1 Å². The van der Waals surface area contributed by atoms with Crippen LogP contribution in [0.2, 0.25) is 0 Å². The molecule has 7 heteroatoms. The van der Waals surface area contributed by atoms with Crippen molar-refractivity contribution >= 4 is 34.2 Å². The van der Waals surface area contributed by atoms with Crippen LogP contribution in [0, 0.1) is 12.8 Å². The molecule has 0 N–H and O–H groups in total. The average molecular weight is 397 g/mol. The highest BCUT2D eigenvalue weighted by molar-refractivity contribution is 7.12. The third-order valence-electron chi connectivity index (χ3n) is 4.99. The lowest BCUT2D eigenvalue weighted by Crippen LogP contribution is -2.40. The monoisotopic (exact) mass is 397 g/mol. The first-order valence-corrected chi connectivity index (χ1v) is 9.98. The Balaban J connectivity index is 1.40. The van der Waals surface area contributed by atoms with Crippen molar-refractivity contribution in [3.63, 3.8) is 0 Å². The highest BCUT2D eigenvalue weighted by atomic mass is 32.1. The molecular weight excluding hydrogens is 378 g/mol. The van der Waals surface area contributed by atoms with Crippen LogP contribution in [0.5, 0.6) is 5.75 Å². The van der Waals surface area contributed by atoms with Crippen molar-refractivity contribution in [3.05, 3.63) is 62.6 Å². The predicted octanol–water partition coefficient (Wildman–Crippen LogP) is 3.62. The van der Waals surface area contributed by atoms with Crippen LogP contribution in [0.3, 0.4) is 0 Å².